The zero-order valence-electron chi connectivity index (χ0n) is 14.8. The molecule has 0 fully saturated rings. The number of carbonyl (C=O) groups excluding carboxylic acids is 2. The maximum absolute atomic E-state index is 12.5. The first-order chi connectivity index (χ1) is 12.0. The molecule has 0 saturated carbocycles. The zero-order chi connectivity index (χ0) is 18.2. The van der Waals surface area contributed by atoms with E-state index in [0.29, 0.717) is 18.9 Å². The van der Waals surface area contributed by atoms with E-state index in [-0.39, 0.29) is 12.3 Å². The number of nitrogens with one attached hydrogen (secondary N) is 3. The third kappa shape index (κ3) is 5.32. The van der Waals surface area contributed by atoms with E-state index in [1.807, 2.05) is 24.4 Å². The summed E-state index contributed by atoms with van der Waals surface area (Å²) in [5, 5.41) is 12.8. The number of fused-ring (bicyclic) bond motifs is 1. The predicted octanol–water partition coefficient (Wildman–Crippen LogP) is 2.77. The molecule has 6 nitrogen and oxygen atoms in total. The van der Waals surface area contributed by atoms with Crippen LogP contribution in [0.2, 0.25) is 0 Å². The van der Waals surface area contributed by atoms with E-state index in [4.69, 9.17) is 5.21 Å². The molecule has 1 aromatic carbocycles. The third-order valence-corrected chi connectivity index (χ3v) is 4.68. The zero-order valence-corrected chi connectivity index (χ0v) is 14.8. The highest BCUT2D eigenvalue weighted by Gasteiger charge is 2.23. The normalized spacial score (nSPS) is 13.4. The lowest BCUT2D eigenvalue weighted by Crippen LogP contribution is -2.36. The molecule has 25 heavy (non-hydrogen) atoms. The Bertz CT molecular complexity index is 711. The van der Waals surface area contributed by atoms with Crippen molar-refractivity contribution < 1.29 is 14.8 Å². The molecule has 0 spiro atoms. The molecule has 2 aromatic rings. The minimum absolute atomic E-state index is 0.000239. The Morgan fingerprint density at radius 1 is 1.28 bits per heavy atom. The average molecular weight is 345 g/mol. The van der Waals surface area contributed by atoms with Gasteiger partial charge in [-0.25, -0.2) is 5.48 Å². The van der Waals surface area contributed by atoms with Crippen LogP contribution in [0.4, 0.5) is 0 Å². The Balaban J connectivity index is 1.92. The second kappa shape index (κ2) is 9.22. The van der Waals surface area contributed by atoms with Crippen molar-refractivity contribution in [2.45, 2.75) is 39.5 Å². The van der Waals surface area contributed by atoms with Gasteiger partial charge < -0.3 is 10.3 Å². The van der Waals surface area contributed by atoms with Crippen molar-refractivity contribution in [3.05, 3.63) is 36.0 Å². The third-order valence-electron chi connectivity index (χ3n) is 4.68. The molecule has 0 aliphatic rings. The summed E-state index contributed by atoms with van der Waals surface area (Å²) < 4.78 is 0. The lowest BCUT2D eigenvalue weighted by molar-refractivity contribution is -0.135. The number of benzene rings is 1. The standard InChI is InChI=1S/C19H27N3O3/c1-3-13(2)10-15(11-18(23)22-25)19(24)20-9-8-14-12-21-17-7-5-4-6-16(14)17/h4-7,12-13,15,21,25H,3,8-11H2,1-2H3,(H,20,24)(H,22,23). The highest BCUT2D eigenvalue weighted by atomic mass is 16.5. The molecule has 4 N–H and O–H groups in total. The summed E-state index contributed by atoms with van der Waals surface area (Å²) in [4.78, 5) is 27.1. The SMILES string of the molecule is CCC(C)CC(CC(=O)NO)C(=O)NCCc1c[nH]c2ccccc12. The summed E-state index contributed by atoms with van der Waals surface area (Å²) in [5.74, 6) is -0.746. The minimum atomic E-state index is -0.528. The van der Waals surface area contributed by atoms with Gasteiger partial charge in [0.2, 0.25) is 11.8 Å². The Labute approximate surface area is 148 Å². The molecule has 136 valence electrons. The average Bonchev–Trinajstić information content (AvgIpc) is 3.04. The minimum Gasteiger partial charge on any atom is -0.361 e. The maximum atomic E-state index is 12.5. The van der Waals surface area contributed by atoms with Crippen molar-refractivity contribution in [2.24, 2.45) is 11.8 Å². The van der Waals surface area contributed by atoms with Crippen LogP contribution in [0.15, 0.2) is 30.5 Å². The van der Waals surface area contributed by atoms with Crippen LogP contribution in [0.1, 0.15) is 38.7 Å². The van der Waals surface area contributed by atoms with Crippen molar-refractivity contribution in [1.29, 1.82) is 0 Å². The second-order valence-electron chi connectivity index (χ2n) is 6.59. The van der Waals surface area contributed by atoms with Crippen LogP contribution >= 0.6 is 0 Å². The molecular formula is C19H27N3O3. The number of carbonyl (C=O) groups is 2. The fourth-order valence-corrected chi connectivity index (χ4v) is 3.01. The smallest absolute Gasteiger partial charge is 0.244 e. The van der Waals surface area contributed by atoms with Crippen LogP contribution in [0.25, 0.3) is 10.9 Å². The summed E-state index contributed by atoms with van der Waals surface area (Å²) in [6, 6.07) is 8.05. The van der Waals surface area contributed by atoms with Crippen LogP contribution in [0.5, 0.6) is 0 Å². The Kier molecular flexibility index (Phi) is 7.01. The molecule has 0 radical (unpaired) electrons. The lowest BCUT2D eigenvalue weighted by Gasteiger charge is -2.19. The van der Waals surface area contributed by atoms with E-state index in [2.05, 4.69) is 30.2 Å². The number of para-hydroxylation sites is 1. The van der Waals surface area contributed by atoms with Crippen molar-refractivity contribution in [3.8, 4) is 0 Å². The van der Waals surface area contributed by atoms with Crippen molar-refractivity contribution >= 4 is 22.7 Å². The fraction of sp³-hybridized carbons (Fsp3) is 0.474. The molecule has 2 atom stereocenters. The predicted molar refractivity (Wildman–Crippen MR) is 97.1 cm³/mol. The van der Waals surface area contributed by atoms with Gasteiger partial charge in [-0.05, 0) is 30.4 Å². The Morgan fingerprint density at radius 3 is 2.76 bits per heavy atom. The number of hydrogen-bond acceptors (Lipinski definition) is 3. The monoisotopic (exact) mass is 345 g/mol. The van der Waals surface area contributed by atoms with Gasteiger partial charge in [0.1, 0.15) is 0 Å². The van der Waals surface area contributed by atoms with Gasteiger partial charge >= 0.3 is 0 Å². The summed E-state index contributed by atoms with van der Waals surface area (Å²) >= 11 is 0. The van der Waals surface area contributed by atoms with E-state index in [1.54, 1.807) is 5.48 Å². The number of hydroxylamine groups is 1. The van der Waals surface area contributed by atoms with Crippen LogP contribution in [-0.4, -0.2) is 28.6 Å². The van der Waals surface area contributed by atoms with E-state index in [9.17, 15) is 9.59 Å². The van der Waals surface area contributed by atoms with Crippen LogP contribution < -0.4 is 10.8 Å². The fourth-order valence-electron chi connectivity index (χ4n) is 3.01. The van der Waals surface area contributed by atoms with E-state index in [1.165, 1.54) is 0 Å². The number of aromatic amines is 1. The van der Waals surface area contributed by atoms with Gasteiger partial charge in [0.25, 0.3) is 0 Å². The topological polar surface area (TPSA) is 94.2 Å². The quantitative estimate of drug-likeness (QED) is 0.416. The molecular weight excluding hydrogens is 318 g/mol. The molecule has 1 aromatic heterocycles. The first kappa shape index (κ1) is 19.0. The summed E-state index contributed by atoms with van der Waals surface area (Å²) in [5.41, 5.74) is 3.85. The van der Waals surface area contributed by atoms with Gasteiger partial charge in [0.15, 0.2) is 0 Å². The van der Waals surface area contributed by atoms with Crippen molar-refractivity contribution in [1.82, 2.24) is 15.8 Å². The highest BCUT2D eigenvalue weighted by Crippen LogP contribution is 2.20. The summed E-state index contributed by atoms with van der Waals surface area (Å²) in [6.07, 6.45) is 4.26. The first-order valence-corrected chi connectivity index (χ1v) is 8.80. The number of aromatic nitrogens is 1. The molecule has 6 heteroatoms. The van der Waals surface area contributed by atoms with Gasteiger partial charge in [-0.3, -0.25) is 14.8 Å². The number of rotatable bonds is 9. The van der Waals surface area contributed by atoms with E-state index < -0.39 is 11.8 Å². The van der Waals surface area contributed by atoms with Gasteiger partial charge in [-0.15, -0.1) is 0 Å². The number of amides is 2. The molecule has 0 bridgehead atoms. The maximum Gasteiger partial charge on any atom is 0.244 e. The van der Waals surface area contributed by atoms with Gasteiger partial charge in [-0.1, -0.05) is 38.5 Å². The molecule has 0 saturated heterocycles. The van der Waals surface area contributed by atoms with Crippen molar-refractivity contribution in [2.75, 3.05) is 6.54 Å². The molecule has 1 heterocycles. The van der Waals surface area contributed by atoms with E-state index >= 15 is 0 Å². The van der Waals surface area contributed by atoms with Crippen LogP contribution in [0, 0.1) is 11.8 Å². The van der Waals surface area contributed by atoms with E-state index in [0.717, 1.165) is 29.3 Å². The highest BCUT2D eigenvalue weighted by molar-refractivity contribution is 5.85. The van der Waals surface area contributed by atoms with Gasteiger partial charge in [0, 0.05) is 36.0 Å². The number of H-pyrrole nitrogens is 1. The van der Waals surface area contributed by atoms with Gasteiger partial charge in [-0.2, -0.15) is 0 Å². The molecule has 2 amide bonds. The van der Waals surface area contributed by atoms with Crippen LogP contribution in [-0.2, 0) is 16.0 Å². The molecule has 2 rings (SSSR count). The number of hydrogen-bond donors (Lipinski definition) is 4. The molecule has 2 unspecified atom stereocenters. The Hall–Kier alpha value is -2.34. The summed E-state index contributed by atoms with van der Waals surface area (Å²) in [7, 11) is 0. The van der Waals surface area contributed by atoms with Crippen molar-refractivity contribution in [3.63, 3.8) is 0 Å². The molecule has 0 aliphatic carbocycles. The summed E-state index contributed by atoms with van der Waals surface area (Å²) in [6.45, 7) is 4.63. The van der Waals surface area contributed by atoms with Crippen LogP contribution in [0.3, 0.4) is 0 Å². The largest absolute Gasteiger partial charge is 0.361 e. The molecule has 0 aliphatic heterocycles. The lowest BCUT2D eigenvalue weighted by atomic mass is 9.90. The Morgan fingerprint density at radius 2 is 2.04 bits per heavy atom. The first-order valence-electron chi connectivity index (χ1n) is 8.80. The van der Waals surface area contributed by atoms with Gasteiger partial charge in [0.05, 0.1) is 0 Å². The second-order valence-corrected chi connectivity index (χ2v) is 6.59.